The van der Waals surface area contributed by atoms with Crippen molar-refractivity contribution < 1.29 is 4.52 Å². The molecule has 1 heterocycles. The molecule has 1 aromatic heterocycles. The Bertz CT molecular complexity index is 779. The van der Waals surface area contributed by atoms with Gasteiger partial charge in [0.25, 0.3) is 0 Å². The predicted molar refractivity (Wildman–Crippen MR) is 73.9 cm³/mol. The van der Waals surface area contributed by atoms with Crippen LogP contribution in [0.4, 0.5) is 0 Å². The maximum Gasteiger partial charge on any atom is 0.167 e. The Morgan fingerprint density at radius 3 is 2.58 bits per heavy atom. The lowest BCUT2D eigenvalue weighted by molar-refractivity contribution is 0.454. The van der Waals surface area contributed by atoms with E-state index in [2.05, 4.69) is 11.2 Å². The molecule has 3 aromatic rings. The van der Waals surface area contributed by atoms with E-state index in [1.54, 1.807) is 6.08 Å². The van der Waals surface area contributed by atoms with Crippen LogP contribution in [0, 0.1) is 11.3 Å². The molecule has 0 aliphatic rings. The molecule has 3 nitrogen and oxygen atoms in total. The number of benzene rings is 2. The number of nitrogens with zero attached hydrogens (tertiary/aromatic N) is 2. The second-order valence-electron chi connectivity index (χ2n) is 4.10. The van der Waals surface area contributed by atoms with Gasteiger partial charge in [0, 0.05) is 5.39 Å². The van der Waals surface area contributed by atoms with Gasteiger partial charge in [0.15, 0.2) is 5.58 Å². The van der Waals surface area contributed by atoms with E-state index in [9.17, 15) is 5.26 Å². The number of aromatic nitrogens is 1. The SMILES string of the molecule is N#CC(=Cc1noc2ccccc12)c1ccccc1. The van der Waals surface area contributed by atoms with E-state index >= 15 is 0 Å². The summed E-state index contributed by atoms with van der Waals surface area (Å²) < 4.78 is 5.23. The molecule has 0 unspecified atom stereocenters. The van der Waals surface area contributed by atoms with Crippen molar-refractivity contribution in [2.75, 3.05) is 0 Å². The predicted octanol–water partition coefficient (Wildman–Crippen LogP) is 3.89. The maximum atomic E-state index is 9.27. The fraction of sp³-hybridized carbons (Fsp3) is 0. The molecule has 3 rings (SSSR count). The monoisotopic (exact) mass is 246 g/mol. The van der Waals surface area contributed by atoms with Gasteiger partial charge >= 0.3 is 0 Å². The zero-order valence-corrected chi connectivity index (χ0v) is 10.1. The fourth-order valence-electron chi connectivity index (χ4n) is 1.94. The summed E-state index contributed by atoms with van der Waals surface area (Å²) in [6.45, 7) is 0. The molecule has 0 atom stereocenters. The molecule has 0 saturated carbocycles. The minimum absolute atomic E-state index is 0.569. The van der Waals surface area contributed by atoms with E-state index < -0.39 is 0 Å². The molecule has 0 spiro atoms. The highest BCUT2D eigenvalue weighted by Gasteiger charge is 2.07. The van der Waals surface area contributed by atoms with Crippen molar-refractivity contribution >= 4 is 22.6 Å². The van der Waals surface area contributed by atoms with Gasteiger partial charge in [0.05, 0.1) is 11.6 Å². The van der Waals surface area contributed by atoms with Gasteiger partial charge in [-0.2, -0.15) is 5.26 Å². The van der Waals surface area contributed by atoms with Crippen LogP contribution in [-0.4, -0.2) is 5.16 Å². The summed E-state index contributed by atoms with van der Waals surface area (Å²) in [5, 5.41) is 14.2. The molecule has 3 heteroatoms. The molecular formula is C16H10N2O. The highest BCUT2D eigenvalue weighted by molar-refractivity contribution is 5.95. The van der Waals surface area contributed by atoms with Gasteiger partial charge < -0.3 is 4.52 Å². The molecule has 0 aliphatic carbocycles. The molecule has 90 valence electrons. The van der Waals surface area contributed by atoms with E-state index in [-0.39, 0.29) is 0 Å². The van der Waals surface area contributed by atoms with E-state index in [0.29, 0.717) is 11.3 Å². The summed E-state index contributed by atoms with van der Waals surface area (Å²) in [6, 6.07) is 19.3. The van der Waals surface area contributed by atoms with Crippen LogP contribution >= 0.6 is 0 Å². The number of hydrogen-bond acceptors (Lipinski definition) is 3. The third kappa shape index (κ3) is 2.12. The van der Waals surface area contributed by atoms with Crippen molar-refractivity contribution in [3.05, 3.63) is 65.9 Å². The van der Waals surface area contributed by atoms with E-state index in [1.165, 1.54) is 0 Å². The van der Waals surface area contributed by atoms with Crippen LogP contribution in [0.15, 0.2) is 59.1 Å². The second kappa shape index (κ2) is 4.79. The first-order chi connectivity index (χ1) is 9.38. The van der Waals surface area contributed by atoms with Crippen molar-refractivity contribution in [1.29, 1.82) is 5.26 Å². The summed E-state index contributed by atoms with van der Waals surface area (Å²) in [5.74, 6) is 0. The summed E-state index contributed by atoms with van der Waals surface area (Å²) in [6.07, 6.45) is 1.75. The van der Waals surface area contributed by atoms with Crippen LogP contribution in [0.2, 0.25) is 0 Å². The van der Waals surface area contributed by atoms with Crippen LogP contribution in [-0.2, 0) is 0 Å². The Balaban J connectivity index is 2.12. The normalized spacial score (nSPS) is 11.4. The van der Waals surface area contributed by atoms with Crippen LogP contribution < -0.4 is 0 Å². The van der Waals surface area contributed by atoms with Gasteiger partial charge in [-0.15, -0.1) is 0 Å². The number of allylic oxidation sites excluding steroid dienone is 1. The molecule has 0 saturated heterocycles. The molecule has 0 radical (unpaired) electrons. The molecule has 0 bridgehead atoms. The molecule has 19 heavy (non-hydrogen) atoms. The van der Waals surface area contributed by atoms with Crippen LogP contribution in [0.5, 0.6) is 0 Å². The zero-order chi connectivity index (χ0) is 13.1. The summed E-state index contributed by atoms with van der Waals surface area (Å²) >= 11 is 0. The van der Waals surface area contributed by atoms with E-state index in [4.69, 9.17) is 4.52 Å². The standard InChI is InChI=1S/C16H10N2O/c17-11-13(12-6-2-1-3-7-12)10-15-14-8-4-5-9-16(14)19-18-15/h1-10H. The second-order valence-corrected chi connectivity index (χ2v) is 4.10. The zero-order valence-electron chi connectivity index (χ0n) is 10.1. The molecule has 0 amide bonds. The van der Waals surface area contributed by atoms with Gasteiger partial charge in [-0.1, -0.05) is 47.6 Å². The Hall–Kier alpha value is -2.86. The number of para-hydroxylation sites is 1. The molecular weight excluding hydrogens is 236 g/mol. The lowest BCUT2D eigenvalue weighted by Gasteiger charge is -1.96. The van der Waals surface area contributed by atoms with Crippen molar-refractivity contribution in [3.8, 4) is 6.07 Å². The maximum absolute atomic E-state index is 9.27. The smallest absolute Gasteiger partial charge is 0.167 e. The highest BCUT2D eigenvalue weighted by Crippen LogP contribution is 2.23. The first-order valence-corrected chi connectivity index (χ1v) is 5.90. The van der Waals surface area contributed by atoms with Gasteiger partial charge in [-0.25, -0.2) is 0 Å². The van der Waals surface area contributed by atoms with E-state index in [0.717, 1.165) is 16.5 Å². The summed E-state index contributed by atoms with van der Waals surface area (Å²) in [5.41, 5.74) is 2.84. The van der Waals surface area contributed by atoms with Crippen LogP contribution in [0.3, 0.4) is 0 Å². The van der Waals surface area contributed by atoms with Crippen LogP contribution in [0.1, 0.15) is 11.3 Å². The first-order valence-electron chi connectivity index (χ1n) is 5.90. The Kier molecular flexibility index (Phi) is 2.83. The quantitative estimate of drug-likeness (QED) is 0.644. The Labute approximate surface area is 110 Å². The average molecular weight is 246 g/mol. The number of nitriles is 1. The molecule has 0 fully saturated rings. The lowest BCUT2D eigenvalue weighted by atomic mass is 10.1. The topological polar surface area (TPSA) is 49.8 Å². The van der Waals surface area contributed by atoms with Gasteiger partial charge in [0.1, 0.15) is 5.69 Å². The highest BCUT2D eigenvalue weighted by atomic mass is 16.5. The van der Waals surface area contributed by atoms with Crippen LogP contribution in [0.25, 0.3) is 22.6 Å². The van der Waals surface area contributed by atoms with Crippen molar-refractivity contribution in [2.45, 2.75) is 0 Å². The minimum Gasteiger partial charge on any atom is -0.356 e. The number of hydrogen-bond donors (Lipinski definition) is 0. The number of fused-ring (bicyclic) bond motifs is 1. The third-order valence-electron chi connectivity index (χ3n) is 2.89. The fourth-order valence-corrected chi connectivity index (χ4v) is 1.94. The minimum atomic E-state index is 0.569. The Morgan fingerprint density at radius 1 is 1.05 bits per heavy atom. The summed E-state index contributed by atoms with van der Waals surface area (Å²) in [4.78, 5) is 0. The summed E-state index contributed by atoms with van der Waals surface area (Å²) in [7, 11) is 0. The van der Waals surface area contributed by atoms with Crippen molar-refractivity contribution in [3.63, 3.8) is 0 Å². The van der Waals surface area contributed by atoms with Gasteiger partial charge in [-0.05, 0) is 23.8 Å². The average Bonchev–Trinajstić information content (AvgIpc) is 2.89. The molecule has 0 aliphatic heterocycles. The third-order valence-corrected chi connectivity index (χ3v) is 2.89. The molecule has 2 aromatic carbocycles. The van der Waals surface area contributed by atoms with Gasteiger partial charge in [0.2, 0.25) is 0 Å². The number of rotatable bonds is 2. The van der Waals surface area contributed by atoms with Crippen molar-refractivity contribution in [1.82, 2.24) is 5.16 Å². The van der Waals surface area contributed by atoms with E-state index in [1.807, 2.05) is 54.6 Å². The lowest BCUT2D eigenvalue weighted by Crippen LogP contribution is -1.81. The van der Waals surface area contributed by atoms with Gasteiger partial charge in [-0.3, -0.25) is 0 Å². The first kappa shape index (κ1) is 11.2. The van der Waals surface area contributed by atoms with Crippen molar-refractivity contribution in [2.24, 2.45) is 0 Å². The Morgan fingerprint density at radius 2 is 1.79 bits per heavy atom. The molecule has 0 N–H and O–H groups in total. The largest absolute Gasteiger partial charge is 0.356 e.